The second-order valence-corrected chi connectivity index (χ2v) is 4.40. The van der Waals surface area contributed by atoms with Gasteiger partial charge in [0.25, 0.3) is 0 Å². The maximum absolute atomic E-state index is 12.3. The monoisotopic (exact) mass is 241 g/mol. The summed E-state index contributed by atoms with van der Waals surface area (Å²) >= 11 is 0. The van der Waals surface area contributed by atoms with Crippen molar-refractivity contribution in [3.05, 3.63) is 0 Å². The van der Waals surface area contributed by atoms with Gasteiger partial charge in [-0.15, -0.1) is 0 Å². The lowest BCUT2D eigenvalue weighted by molar-refractivity contribution is -0.136. The van der Waals surface area contributed by atoms with Crippen LogP contribution in [0, 0.1) is 0 Å². The lowest BCUT2D eigenvalue weighted by atomic mass is 10.2. The van der Waals surface area contributed by atoms with Gasteiger partial charge in [0, 0.05) is 32.7 Å². The Morgan fingerprint density at radius 2 is 1.94 bits per heavy atom. The number of hydrogen-bond acceptors (Lipinski definition) is 4. The number of nitrogens with one attached hydrogen (secondary N) is 1. The number of carbonyl (C=O) groups excluding carboxylic acids is 2. The van der Waals surface area contributed by atoms with Crippen LogP contribution in [-0.2, 0) is 9.53 Å². The van der Waals surface area contributed by atoms with Crippen LogP contribution in [0.4, 0.5) is 4.79 Å². The van der Waals surface area contributed by atoms with E-state index in [4.69, 9.17) is 4.74 Å². The van der Waals surface area contributed by atoms with Crippen LogP contribution in [0.2, 0.25) is 0 Å². The van der Waals surface area contributed by atoms with Crippen molar-refractivity contribution < 1.29 is 14.3 Å². The van der Waals surface area contributed by atoms with Gasteiger partial charge in [-0.05, 0) is 12.8 Å². The van der Waals surface area contributed by atoms with E-state index in [2.05, 4.69) is 5.32 Å². The van der Waals surface area contributed by atoms with Crippen molar-refractivity contribution in [1.82, 2.24) is 15.1 Å². The number of carbonyl (C=O) groups is 2. The quantitative estimate of drug-likeness (QED) is 0.681. The van der Waals surface area contributed by atoms with Crippen LogP contribution in [0.3, 0.4) is 0 Å². The van der Waals surface area contributed by atoms with Crippen molar-refractivity contribution in [2.45, 2.75) is 18.9 Å². The summed E-state index contributed by atoms with van der Waals surface area (Å²) in [6, 6.07) is -0.319. The minimum absolute atomic E-state index is 0.0643. The zero-order valence-electron chi connectivity index (χ0n) is 10.1. The summed E-state index contributed by atoms with van der Waals surface area (Å²) in [5.41, 5.74) is 0. The molecule has 0 aliphatic carbocycles. The Bertz CT molecular complexity index is 302. The zero-order chi connectivity index (χ0) is 12.3. The summed E-state index contributed by atoms with van der Waals surface area (Å²) < 4.78 is 4.71. The van der Waals surface area contributed by atoms with Crippen molar-refractivity contribution in [2.75, 3.05) is 39.8 Å². The van der Waals surface area contributed by atoms with E-state index in [-0.39, 0.29) is 11.9 Å². The molecule has 2 aliphatic heterocycles. The molecule has 0 saturated carbocycles. The predicted molar refractivity (Wildman–Crippen MR) is 61.6 cm³/mol. The number of ether oxygens (including phenoxy) is 1. The van der Waals surface area contributed by atoms with Crippen LogP contribution in [0.1, 0.15) is 12.8 Å². The summed E-state index contributed by atoms with van der Waals surface area (Å²) in [6.07, 6.45) is 1.23. The average molecular weight is 241 g/mol. The SMILES string of the molecule is COC(=O)N1CCCC1C(=O)N1CCNCC1. The maximum Gasteiger partial charge on any atom is 0.410 e. The van der Waals surface area contributed by atoms with E-state index in [0.29, 0.717) is 6.54 Å². The van der Waals surface area contributed by atoms with Crippen LogP contribution < -0.4 is 5.32 Å². The first kappa shape index (κ1) is 12.2. The number of methoxy groups -OCH3 is 1. The van der Waals surface area contributed by atoms with Crippen LogP contribution in [0.25, 0.3) is 0 Å². The second kappa shape index (κ2) is 5.35. The zero-order valence-corrected chi connectivity index (χ0v) is 10.1. The normalized spacial score (nSPS) is 24.9. The van der Waals surface area contributed by atoms with Gasteiger partial charge in [0.15, 0.2) is 0 Å². The Hall–Kier alpha value is -1.30. The van der Waals surface area contributed by atoms with Crippen LogP contribution >= 0.6 is 0 Å². The molecule has 2 heterocycles. The van der Waals surface area contributed by atoms with Crippen molar-refractivity contribution >= 4 is 12.0 Å². The first-order valence-corrected chi connectivity index (χ1v) is 6.08. The molecular weight excluding hydrogens is 222 g/mol. The number of hydrogen-bond donors (Lipinski definition) is 1. The van der Waals surface area contributed by atoms with Gasteiger partial charge in [0.2, 0.25) is 5.91 Å². The summed E-state index contributed by atoms with van der Waals surface area (Å²) in [7, 11) is 1.35. The number of piperazine rings is 1. The molecule has 2 rings (SSSR count). The number of rotatable bonds is 1. The fourth-order valence-electron chi connectivity index (χ4n) is 2.46. The number of likely N-dealkylation sites (tertiary alicyclic amines) is 1. The van der Waals surface area contributed by atoms with Crippen molar-refractivity contribution in [1.29, 1.82) is 0 Å². The molecule has 17 heavy (non-hydrogen) atoms. The molecule has 0 aromatic heterocycles. The Morgan fingerprint density at radius 1 is 1.24 bits per heavy atom. The van der Waals surface area contributed by atoms with Gasteiger partial charge in [-0.2, -0.15) is 0 Å². The molecule has 2 fully saturated rings. The minimum Gasteiger partial charge on any atom is -0.453 e. The highest BCUT2D eigenvalue weighted by atomic mass is 16.5. The first-order chi connectivity index (χ1) is 8.24. The molecule has 2 aliphatic rings. The van der Waals surface area contributed by atoms with E-state index in [9.17, 15) is 9.59 Å². The molecule has 0 spiro atoms. The Morgan fingerprint density at radius 3 is 2.59 bits per heavy atom. The van der Waals surface area contributed by atoms with Gasteiger partial charge in [0.05, 0.1) is 7.11 Å². The number of amides is 2. The molecule has 1 atom stereocenters. The van der Waals surface area contributed by atoms with E-state index >= 15 is 0 Å². The second-order valence-electron chi connectivity index (χ2n) is 4.40. The van der Waals surface area contributed by atoms with Gasteiger partial charge in [-0.3, -0.25) is 9.69 Å². The van der Waals surface area contributed by atoms with Gasteiger partial charge >= 0.3 is 6.09 Å². The van der Waals surface area contributed by atoms with Crippen molar-refractivity contribution in [2.24, 2.45) is 0 Å². The van der Waals surface area contributed by atoms with Crippen LogP contribution in [-0.4, -0.2) is 67.7 Å². The van der Waals surface area contributed by atoms with Gasteiger partial charge in [-0.25, -0.2) is 4.79 Å². The average Bonchev–Trinajstić information content (AvgIpc) is 2.87. The molecule has 6 nitrogen and oxygen atoms in total. The molecule has 2 amide bonds. The molecule has 0 aromatic carbocycles. The molecule has 0 aromatic rings. The van der Waals surface area contributed by atoms with Crippen molar-refractivity contribution in [3.8, 4) is 0 Å². The fraction of sp³-hybridized carbons (Fsp3) is 0.818. The van der Waals surface area contributed by atoms with Crippen molar-refractivity contribution in [3.63, 3.8) is 0 Å². The highest BCUT2D eigenvalue weighted by Crippen LogP contribution is 2.20. The third kappa shape index (κ3) is 2.52. The molecule has 0 bridgehead atoms. The topological polar surface area (TPSA) is 61.9 Å². The lowest BCUT2D eigenvalue weighted by Gasteiger charge is -2.32. The smallest absolute Gasteiger partial charge is 0.410 e. The third-order valence-electron chi connectivity index (χ3n) is 3.38. The summed E-state index contributed by atoms with van der Waals surface area (Å²) in [5.74, 6) is 0.0643. The highest BCUT2D eigenvalue weighted by Gasteiger charge is 2.37. The van der Waals surface area contributed by atoms with Gasteiger partial charge in [0.1, 0.15) is 6.04 Å². The number of nitrogens with zero attached hydrogens (tertiary/aromatic N) is 2. The minimum atomic E-state index is -0.393. The Kier molecular flexibility index (Phi) is 3.83. The molecule has 96 valence electrons. The molecule has 2 saturated heterocycles. The molecule has 1 unspecified atom stereocenters. The van der Waals surface area contributed by atoms with E-state index in [1.807, 2.05) is 4.90 Å². The van der Waals surface area contributed by atoms with E-state index < -0.39 is 6.09 Å². The predicted octanol–water partition coefficient (Wildman–Crippen LogP) is -0.351. The fourth-order valence-corrected chi connectivity index (χ4v) is 2.46. The molecule has 1 N–H and O–H groups in total. The summed E-state index contributed by atoms with van der Waals surface area (Å²) in [5, 5.41) is 3.21. The summed E-state index contributed by atoms with van der Waals surface area (Å²) in [4.78, 5) is 27.2. The first-order valence-electron chi connectivity index (χ1n) is 6.08. The maximum atomic E-state index is 12.3. The van der Waals surface area contributed by atoms with Crippen LogP contribution in [0.5, 0.6) is 0 Å². The van der Waals surface area contributed by atoms with E-state index in [0.717, 1.165) is 39.0 Å². The Labute approximate surface area is 101 Å². The molecule has 0 radical (unpaired) electrons. The summed E-state index contributed by atoms with van der Waals surface area (Å²) in [6.45, 7) is 3.73. The lowest BCUT2D eigenvalue weighted by Crippen LogP contribution is -2.53. The third-order valence-corrected chi connectivity index (χ3v) is 3.38. The Balaban J connectivity index is 1.99. The highest BCUT2D eigenvalue weighted by molar-refractivity contribution is 5.86. The largest absolute Gasteiger partial charge is 0.453 e. The van der Waals surface area contributed by atoms with Crippen LogP contribution in [0.15, 0.2) is 0 Å². The van der Waals surface area contributed by atoms with E-state index in [1.165, 1.54) is 7.11 Å². The van der Waals surface area contributed by atoms with Gasteiger partial charge in [-0.1, -0.05) is 0 Å². The van der Waals surface area contributed by atoms with Gasteiger partial charge < -0.3 is 15.0 Å². The molecule has 6 heteroatoms. The van der Waals surface area contributed by atoms with E-state index in [1.54, 1.807) is 4.90 Å². The standard InChI is InChI=1S/C11H19N3O3/c1-17-11(16)14-6-2-3-9(14)10(15)13-7-4-12-5-8-13/h9,12H,2-8H2,1H3. The molecular formula is C11H19N3O3.